The highest BCUT2D eigenvalue weighted by molar-refractivity contribution is 7.91. The van der Waals surface area contributed by atoms with Gasteiger partial charge in [-0.15, -0.1) is 0 Å². The number of nitrogen functional groups attached to an aromatic ring is 1. The summed E-state index contributed by atoms with van der Waals surface area (Å²) in [5, 5.41) is 0. The summed E-state index contributed by atoms with van der Waals surface area (Å²) in [5.74, 6) is -0.158. The topological polar surface area (TPSA) is 85.1 Å². The zero-order valence-corrected chi connectivity index (χ0v) is 10.4. The fourth-order valence-corrected chi connectivity index (χ4v) is 2.73. The van der Waals surface area contributed by atoms with Crippen molar-refractivity contribution in [3.05, 3.63) is 54.4 Å². The minimum Gasteiger partial charge on any atom is -0.398 e. The van der Waals surface area contributed by atoms with Crippen LogP contribution in [0.4, 0.5) is 11.4 Å². The van der Waals surface area contributed by atoms with Gasteiger partial charge in [-0.25, -0.2) is 8.42 Å². The second-order valence-electron chi connectivity index (χ2n) is 3.80. The van der Waals surface area contributed by atoms with Crippen LogP contribution in [0.15, 0.2) is 48.8 Å². The molecule has 6 heteroatoms. The van der Waals surface area contributed by atoms with Crippen molar-refractivity contribution in [1.29, 1.82) is 0 Å². The SMILES string of the molecule is Nc1ccccc1CS(=O)(=O)Nc1cccnc1. The standard InChI is InChI=1S/C12H13N3O2S/c13-12-6-2-1-4-10(12)9-18(16,17)15-11-5-3-7-14-8-11/h1-8,15H,9,13H2. The number of hydrogen-bond donors (Lipinski definition) is 2. The molecule has 1 aromatic carbocycles. The summed E-state index contributed by atoms with van der Waals surface area (Å²) in [5.41, 5.74) is 7.20. The fraction of sp³-hybridized carbons (Fsp3) is 0.0833. The molecule has 0 unspecified atom stereocenters. The maximum absolute atomic E-state index is 11.9. The minimum atomic E-state index is -3.48. The van der Waals surface area contributed by atoms with Gasteiger partial charge in [0.25, 0.3) is 0 Å². The summed E-state index contributed by atoms with van der Waals surface area (Å²) in [6.45, 7) is 0. The van der Waals surface area contributed by atoms with Crippen molar-refractivity contribution in [2.24, 2.45) is 0 Å². The predicted octanol–water partition coefficient (Wildman–Crippen LogP) is 1.61. The van der Waals surface area contributed by atoms with Crippen LogP contribution in [-0.4, -0.2) is 13.4 Å². The molecule has 2 aromatic rings. The maximum atomic E-state index is 11.9. The van der Waals surface area contributed by atoms with E-state index in [2.05, 4.69) is 9.71 Å². The van der Waals surface area contributed by atoms with Gasteiger partial charge in [-0.05, 0) is 23.8 Å². The van der Waals surface area contributed by atoms with Gasteiger partial charge in [0.15, 0.2) is 0 Å². The number of nitrogens with two attached hydrogens (primary N) is 1. The largest absolute Gasteiger partial charge is 0.398 e. The normalized spacial score (nSPS) is 11.1. The lowest BCUT2D eigenvalue weighted by Gasteiger charge is -2.09. The molecule has 0 aliphatic carbocycles. The Labute approximate surface area is 106 Å². The third kappa shape index (κ3) is 3.21. The summed E-state index contributed by atoms with van der Waals surface area (Å²) in [6.07, 6.45) is 3.03. The molecular formula is C12H13N3O2S. The molecular weight excluding hydrogens is 250 g/mol. The predicted molar refractivity (Wildman–Crippen MR) is 71.3 cm³/mol. The van der Waals surface area contributed by atoms with Crippen molar-refractivity contribution in [1.82, 2.24) is 4.98 Å². The number of para-hydroxylation sites is 1. The van der Waals surface area contributed by atoms with E-state index in [1.165, 1.54) is 6.20 Å². The van der Waals surface area contributed by atoms with E-state index in [-0.39, 0.29) is 5.75 Å². The van der Waals surface area contributed by atoms with Gasteiger partial charge in [0.1, 0.15) is 0 Å². The number of aromatic nitrogens is 1. The first kappa shape index (κ1) is 12.4. The first-order valence-electron chi connectivity index (χ1n) is 5.31. The van der Waals surface area contributed by atoms with Crippen LogP contribution in [0.3, 0.4) is 0 Å². The van der Waals surface area contributed by atoms with Gasteiger partial charge in [-0.1, -0.05) is 18.2 Å². The van der Waals surface area contributed by atoms with Gasteiger partial charge in [0, 0.05) is 11.9 Å². The number of anilines is 2. The lowest BCUT2D eigenvalue weighted by molar-refractivity contribution is 0.600. The van der Waals surface area contributed by atoms with Crippen LogP contribution in [-0.2, 0) is 15.8 Å². The van der Waals surface area contributed by atoms with E-state index in [1.807, 2.05) is 0 Å². The number of sulfonamides is 1. The van der Waals surface area contributed by atoms with Gasteiger partial charge < -0.3 is 5.73 Å². The van der Waals surface area contributed by atoms with Crippen molar-refractivity contribution >= 4 is 21.4 Å². The van der Waals surface area contributed by atoms with Crippen LogP contribution in [0.5, 0.6) is 0 Å². The van der Waals surface area contributed by atoms with E-state index in [0.29, 0.717) is 16.9 Å². The molecule has 0 aliphatic heterocycles. The number of hydrogen-bond acceptors (Lipinski definition) is 4. The number of nitrogens with zero attached hydrogens (tertiary/aromatic N) is 1. The average Bonchev–Trinajstić information content (AvgIpc) is 2.32. The van der Waals surface area contributed by atoms with Crippen LogP contribution in [0, 0.1) is 0 Å². The summed E-state index contributed by atoms with van der Waals surface area (Å²) in [6, 6.07) is 10.2. The average molecular weight is 263 g/mol. The zero-order chi connectivity index (χ0) is 13.0. The molecule has 0 saturated heterocycles. The third-order valence-corrected chi connectivity index (χ3v) is 3.57. The van der Waals surface area contributed by atoms with E-state index < -0.39 is 10.0 Å². The number of benzene rings is 1. The molecule has 0 bridgehead atoms. The van der Waals surface area contributed by atoms with Crippen molar-refractivity contribution in [2.45, 2.75) is 5.75 Å². The number of nitrogens with one attached hydrogen (secondary N) is 1. The molecule has 0 saturated carbocycles. The Hall–Kier alpha value is -2.08. The Morgan fingerprint density at radius 3 is 2.61 bits per heavy atom. The smallest absolute Gasteiger partial charge is 0.237 e. The number of rotatable bonds is 4. The molecule has 1 heterocycles. The van der Waals surface area contributed by atoms with Crippen LogP contribution in [0.2, 0.25) is 0 Å². The highest BCUT2D eigenvalue weighted by Crippen LogP contribution is 2.16. The third-order valence-electron chi connectivity index (χ3n) is 2.34. The summed E-state index contributed by atoms with van der Waals surface area (Å²) < 4.78 is 26.3. The van der Waals surface area contributed by atoms with E-state index in [9.17, 15) is 8.42 Å². The molecule has 0 radical (unpaired) electrons. The maximum Gasteiger partial charge on any atom is 0.237 e. The first-order chi connectivity index (χ1) is 8.57. The van der Waals surface area contributed by atoms with Gasteiger partial charge in [0.2, 0.25) is 10.0 Å². The highest BCUT2D eigenvalue weighted by atomic mass is 32.2. The van der Waals surface area contributed by atoms with Crippen molar-refractivity contribution < 1.29 is 8.42 Å². The lowest BCUT2D eigenvalue weighted by atomic mass is 10.2. The molecule has 18 heavy (non-hydrogen) atoms. The first-order valence-corrected chi connectivity index (χ1v) is 6.96. The quantitative estimate of drug-likeness (QED) is 0.821. The van der Waals surface area contributed by atoms with Crippen LogP contribution < -0.4 is 10.5 Å². The monoisotopic (exact) mass is 263 g/mol. The second kappa shape index (κ2) is 5.05. The molecule has 0 spiro atoms. The van der Waals surface area contributed by atoms with Gasteiger partial charge >= 0.3 is 0 Å². The zero-order valence-electron chi connectivity index (χ0n) is 9.58. The number of pyridine rings is 1. The van der Waals surface area contributed by atoms with Gasteiger partial charge in [-0.3, -0.25) is 9.71 Å². The molecule has 3 N–H and O–H groups in total. The van der Waals surface area contributed by atoms with Crippen LogP contribution >= 0.6 is 0 Å². The van der Waals surface area contributed by atoms with Crippen LogP contribution in [0.25, 0.3) is 0 Å². The second-order valence-corrected chi connectivity index (χ2v) is 5.52. The molecule has 5 nitrogen and oxygen atoms in total. The molecule has 1 aromatic heterocycles. The van der Waals surface area contributed by atoms with Crippen LogP contribution in [0.1, 0.15) is 5.56 Å². The summed E-state index contributed by atoms with van der Waals surface area (Å²) in [4.78, 5) is 3.84. The molecule has 94 valence electrons. The van der Waals surface area contributed by atoms with Gasteiger partial charge in [-0.2, -0.15) is 0 Å². The molecule has 2 rings (SSSR count). The van der Waals surface area contributed by atoms with Crippen molar-refractivity contribution in [3.8, 4) is 0 Å². The van der Waals surface area contributed by atoms with E-state index in [4.69, 9.17) is 5.73 Å². The minimum absolute atomic E-state index is 0.158. The highest BCUT2D eigenvalue weighted by Gasteiger charge is 2.13. The molecule has 0 amide bonds. The summed E-state index contributed by atoms with van der Waals surface area (Å²) >= 11 is 0. The Balaban J connectivity index is 2.16. The lowest BCUT2D eigenvalue weighted by Crippen LogP contribution is -2.15. The van der Waals surface area contributed by atoms with Crippen molar-refractivity contribution in [2.75, 3.05) is 10.5 Å². The Kier molecular flexibility index (Phi) is 3.47. The Morgan fingerprint density at radius 2 is 1.94 bits per heavy atom. The van der Waals surface area contributed by atoms with E-state index >= 15 is 0 Å². The Morgan fingerprint density at radius 1 is 1.17 bits per heavy atom. The van der Waals surface area contributed by atoms with E-state index in [0.717, 1.165) is 0 Å². The fourth-order valence-electron chi connectivity index (χ4n) is 1.51. The van der Waals surface area contributed by atoms with Gasteiger partial charge in [0.05, 0.1) is 17.6 Å². The molecule has 0 atom stereocenters. The summed E-state index contributed by atoms with van der Waals surface area (Å²) in [7, 11) is -3.48. The molecule has 0 aliphatic rings. The molecule has 0 fully saturated rings. The Bertz CT molecular complexity index is 627. The van der Waals surface area contributed by atoms with E-state index in [1.54, 1.807) is 42.6 Å². The van der Waals surface area contributed by atoms with Crippen molar-refractivity contribution in [3.63, 3.8) is 0 Å².